The highest BCUT2D eigenvalue weighted by atomic mass is 16.6. The molecule has 0 aromatic heterocycles. The molecule has 1 rings (SSSR count). The van der Waals surface area contributed by atoms with Crippen molar-refractivity contribution in [3.63, 3.8) is 0 Å². The van der Waals surface area contributed by atoms with Crippen molar-refractivity contribution in [1.82, 2.24) is 0 Å². The molecular weight excluding hydrogens is 230 g/mol. The van der Waals surface area contributed by atoms with Gasteiger partial charge in [-0.1, -0.05) is 17.3 Å². The Kier molecular flexibility index (Phi) is 7.64. The first-order valence-electron chi connectivity index (χ1n) is 6.12. The highest BCUT2D eigenvalue weighted by Crippen LogP contribution is 2.12. The lowest BCUT2D eigenvalue weighted by molar-refractivity contribution is 0.117. The van der Waals surface area contributed by atoms with Crippen molar-refractivity contribution in [3.05, 3.63) is 29.8 Å². The Labute approximate surface area is 109 Å². The summed E-state index contributed by atoms with van der Waals surface area (Å²) < 4.78 is 10.7. The molecule has 0 fully saturated rings. The number of hydrogen-bond acceptors (Lipinski definition) is 4. The van der Waals surface area contributed by atoms with Gasteiger partial charge in [0.25, 0.3) is 0 Å². The van der Waals surface area contributed by atoms with Crippen molar-refractivity contribution in [2.24, 2.45) is 5.16 Å². The molecule has 0 aliphatic rings. The van der Waals surface area contributed by atoms with Gasteiger partial charge in [-0.15, -0.1) is 0 Å². The summed E-state index contributed by atoms with van der Waals surface area (Å²) in [5, 5.41) is 3.68. The van der Waals surface area contributed by atoms with Gasteiger partial charge in [0.1, 0.15) is 12.9 Å². The quantitative estimate of drug-likeness (QED) is 0.385. The van der Waals surface area contributed by atoms with Crippen molar-refractivity contribution >= 4 is 6.21 Å². The molecule has 18 heavy (non-hydrogen) atoms. The molecule has 4 heteroatoms. The topological polar surface area (TPSA) is 40.0 Å². The van der Waals surface area contributed by atoms with Crippen LogP contribution in [0.15, 0.2) is 29.4 Å². The molecule has 0 N–H and O–H groups in total. The van der Waals surface area contributed by atoms with Gasteiger partial charge in [0.15, 0.2) is 0 Å². The van der Waals surface area contributed by atoms with E-state index in [1.165, 1.54) is 0 Å². The lowest BCUT2D eigenvalue weighted by Gasteiger charge is -2.05. The van der Waals surface area contributed by atoms with E-state index in [1.807, 2.05) is 24.3 Å². The lowest BCUT2D eigenvalue weighted by Crippen LogP contribution is -1.96. The van der Waals surface area contributed by atoms with Crippen LogP contribution >= 0.6 is 0 Å². The maximum absolute atomic E-state index is 5.58. The van der Waals surface area contributed by atoms with Crippen molar-refractivity contribution in [3.8, 4) is 5.75 Å². The number of ether oxygens (including phenoxy) is 2. The second-order valence-corrected chi connectivity index (χ2v) is 3.87. The molecule has 1 aromatic carbocycles. The number of methoxy groups -OCH3 is 1. The zero-order valence-electron chi connectivity index (χ0n) is 11.1. The Morgan fingerprint density at radius 3 is 2.56 bits per heavy atom. The number of oxime groups is 1. The number of unbranched alkanes of at least 4 members (excludes halogenated alkanes) is 2. The fourth-order valence-corrected chi connectivity index (χ4v) is 1.48. The van der Waals surface area contributed by atoms with E-state index in [1.54, 1.807) is 20.4 Å². The third-order valence-electron chi connectivity index (χ3n) is 2.48. The van der Waals surface area contributed by atoms with Crippen LogP contribution in [-0.2, 0) is 16.2 Å². The fourth-order valence-electron chi connectivity index (χ4n) is 1.48. The van der Waals surface area contributed by atoms with Gasteiger partial charge in [-0.2, -0.15) is 0 Å². The van der Waals surface area contributed by atoms with E-state index in [4.69, 9.17) is 9.47 Å². The number of hydrogen-bond donors (Lipinski definition) is 0. The van der Waals surface area contributed by atoms with Crippen molar-refractivity contribution in [1.29, 1.82) is 0 Å². The minimum Gasteiger partial charge on any atom is -0.497 e. The normalized spacial score (nSPS) is 10.8. The van der Waals surface area contributed by atoms with Crippen LogP contribution in [0, 0.1) is 0 Å². The average molecular weight is 251 g/mol. The third kappa shape index (κ3) is 6.25. The van der Waals surface area contributed by atoms with Crippen LogP contribution in [0.3, 0.4) is 0 Å². The van der Waals surface area contributed by atoms with E-state index in [2.05, 4.69) is 9.99 Å². The first kappa shape index (κ1) is 14.5. The molecule has 0 aliphatic carbocycles. The maximum Gasteiger partial charge on any atom is 0.118 e. The lowest BCUT2D eigenvalue weighted by atomic mass is 10.2. The van der Waals surface area contributed by atoms with Gasteiger partial charge in [-0.25, -0.2) is 0 Å². The van der Waals surface area contributed by atoms with Gasteiger partial charge in [0.05, 0.1) is 13.7 Å². The zero-order chi connectivity index (χ0) is 13.1. The number of benzene rings is 1. The van der Waals surface area contributed by atoms with Gasteiger partial charge >= 0.3 is 0 Å². The third-order valence-corrected chi connectivity index (χ3v) is 2.48. The molecule has 4 nitrogen and oxygen atoms in total. The Morgan fingerprint density at radius 1 is 1.11 bits per heavy atom. The van der Waals surface area contributed by atoms with Crippen molar-refractivity contribution in [2.45, 2.75) is 25.9 Å². The van der Waals surface area contributed by atoms with E-state index in [-0.39, 0.29) is 0 Å². The summed E-state index contributed by atoms with van der Waals surface area (Å²) in [6.45, 7) is 1.42. The molecule has 0 unspecified atom stereocenters. The van der Waals surface area contributed by atoms with E-state index in [0.29, 0.717) is 6.61 Å². The number of rotatable bonds is 9. The summed E-state index contributed by atoms with van der Waals surface area (Å²) in [6.07, 6.45) is 4.81. The van der Waals surface area contributed by atoms with E-state index >= 15 is 0 Å². The molecule has 0 saturated carbocycles. The van der Waals surface area contributed by atoms with Gasteiger partial charge in [0, 0.05) is 12.8 Å². The predicted octanol–water partition coefficient (Wildman–Crippen LogP) is 3.01. The first-order valence-corrected chi connectivity index (χ1v) is 6.12. The Morgan fingerprint density at radius 2 is 1.89 bits per heavy atom. The molecule has 0 amide bonds. The highest BCUT2D eigenvalue weighted by molar-refractivity contribution is 5.55. The predicted molar refractivity (Wildman–Crippen MR) is 72.0 cm³/mol. The molecule has 0 saturated heterocycles. The van der Waals surface area contributed by atoms with Crippen molar-refractivity contribution in [2.75, 3.05) is 20.8 Å². The highest BCUT2D eigenvalue weighted by Gasteiger charge is 1.95. The number of nitrogens with zero attached hydrogens (tertiary/aromatic N) is 1. The smallest absolute Gasteiger partial charge is 0.118 e. The second-order valence-electron chi connectivity index (χ2n) is 3.87. The van der Waals surface area contributed by atoms with Crippen LogP contribution in [0.4, 0.5) is 0 Å². The van der Waals surface area contributed by atoms with Crippen molar-refractivity contribution < 1.29 is 14.3 Å². The summed E-state index contributed by atoms with van der Waals surface area (Å²) in [5.74, 6) is 0.871. The standard InChI is InChI=1S/C14H21NO3/c1-16-14-8-6-13(7-9-14)12-18-11-5-3-4-10-15-17-2/h6-10H,3-5,11-12H2,1-2H3. The van der Waals surface area contributed by atoms with Gasteiger partial charge in [-0.3, -0.25) is 0 Å². The van der Waals surface area contributed by atoms with Crippen LogP contribution in [0.25, 0.3) is 0 Å². The average Bonchev–Trinajstić information content (AvgIpc) is 2.42. The Bertz CT molecular complexity index is 335. The van der Waals surface area contributed by atoms with Gasteiger partial charge in [0.2, 0.25) is 0 Å². The molecule has 100 valence electrons. The molecule has 0 heterocycles. The SMILES string of the molecule is CON=CCCCCOCc1ccc(OC)cc1. The molecule has 1 aromatic rings. The van der Waals surface area contributed by atoms with Crippen LogP contribution in [0.2, 0.25) is 0 Å². The second kappa shape index (κ2) is 9.48. The summed E-state index contributed by atoms with van der Waals surface area (Å²) in [7, 11) is 3.22. The van der Waals surface area contributed by atoms with E-state index in [9.17, 15) is 0 Å². The first-order chi connectivity index (χ1) is 8.86. The van der Waals surface area contributed by atoms with Crippen LogP contribution in [0.5, 0.6) is 5.75 Å². The zero-order valence-corrected chi connectivity index (χ0v) is 11.1. The molecule has 0 spiro atoms. The van der Waals surface area contributed by atoms with Gasteiger partial charge < -0.3 is 14.3 Å². The summed E-state index contributed by atoms with van der Waals surface area (Å²) in [6, 6.07) is 7.92. The Balaban J connectivity index is 2.05. The summed E-state index contributed by atoms with van der Waals surface area (Å²) >= 11 is 0. The molecule has 0 aliphatic heterocycles. The van der Waals surface area contributed by atoms with Gasteiger partial charge in [-0.05, 0) is 37.0 Å². The largest absolute Gasteiger partial charge is 0.497 e. The molecule has 0 bridgehead atoms. The van der Waals surface area contributed by atoms with E-state index < -0.39 is 0 Å². The fraction of sp³-hybridized carbons (Fsp3) is 0.500. The maximum atomic E-state index is 5.58. The molecular formula is C14H21NO3. The van der Waals surface area contributed by atoms with Crippen LogP contribution < -0.4 is 4.74 Å². The van der Waals surface area contributed by atoms with Crippen LogP contribution in [-0.4, -0.2) is 27.0 Å². The molecule has 0 radical (unpaired) electrons. The minimum absolute atomic E-state index is 0.649. The monoisotopic (exact) mass is 251 g/mol. The molecule has 0 atom stereocenters. The minimum atomic E-state index is 0.649. The Hall–Kier alpha value is -1.55. The summed E-state index contributed by atoms with van der Waals surface area (Å²) in [4.78, 5) is 4.57. The van der Waals surface area contributed by atoms with E-state index in [0.717, 1.165) is 37.2 Å². The van der Waals surface area contributed by atoms with Crippen LogP contribution in [0.1, 0.15) is 24.8 Å². The summed E-state index contributed by atoms with van der Waals surface area (Å²) in [5.41, 5.74) is 1.16.